The number of hydrogen-bond acceptors (Lipinski definition) is 5. The van der Waals surface area contributed by atoms with Crippen LogP contribution in [-0.4, -0.2) is 40.8 Å². The number of nitrogens with zero attached hydrogens (tertiary/aromatic N) is 1. The van der Waals surface area contributed by atoms with Crippen molar-refractivity contribution >= 4 is 23.3 Å². The number of urea groups is 1. The molecular weight excluding hydrogens is 294 g/mol. The van der Waals surface area contributed by atoms with Crippen molar-refractivity contribution in [1.82, 2.24) is 15.6 Å². The number of carbonyl (C=O) groups is 2. The van der Waals surface area contributed by atoms with Gasteiger partial charge in [0, 0.05) is 17.9 Å². The Morgan fingerprint density at radius 2 is 2.19 bits per heavy atom. The van der Waals surface area contributed by atoms with E-state index in [0.29, 0.717) is 6.61 Å². The van der Waals surface area contributed by atoms with Gasteiger partial charge in [0.15, 0.2) is 5.54 Å². The normalized spacial score (nSPS) is 22.8. The Bertz CT molecular complexity index is 552. The molecule has 2 rings (SSSR count). The Labute approximate surface area is 126 Å². The zero-order valence-electron chi connectivity index (χ0n) is 12.2. The predicted octanol–water partition coefficient (Wildman–Crippen LogP) is 1.36. The third-order valence-corrected chi connectivity index (χ3v) is 4.72. The maximum atomic E-state index is 12.1. The standard InChI is InChI=1S/C13H19N3O4S/c1-7-10(21-9(3)14-7)8(2)15-12(19)16-13(11(17)18)4-5-20-6-13/h8H,4-6H2,1-3H3,(H,17,18)(H2,15,16,19). The van der Waals surface area contributed by atoms with Crippen LogP contribution >= 0.6 is 11.3 Å². The summed E-state index contributed by atoms with van der Waals surface area (Å²) in [6, 6.07) is -0.745. The molecule has 116 valence electrons. The zero-order chi connectivity index (χ0) is 15.6. The van der Waals surface area contributed by atoms with Gasteiger partial charge >= 0.3 is 12.0 Å². The summed E-state index contributed by atoms with van der Waals surface area (Å²) in [5, 5.41) is 15.5. The number of rotatable bonds is 4. The number of aromatic nitrogens is 1. The van der Waals surface area contributed by atoms with E-state index in [2.05, 4.69) is 15.6 Å². The first-order valence-electron chi connectivity index (χ1n) is 6.68. The van der Waals surface area contributed by atoms with Gasteiger partial charge in [0.2, 0.25) is 0 Å². The van der Waals surface area contributed by atoms with Gasteiger partial charge in [-0.25, -0.2) is 14.6 Å². The van der Waals surface area contributed by atoms with Gasteiger partial charge in [0.25, 0.3) is 0 Å². The molecule has 0 aromatic carbocycles. The van der Waals surface area contributed by atoms with E-state index in [0.717, 1.165) is 15.6 Å². The van der Waals surface area contributed by atoms with Crippen molar-refractivity contribution in [2.24, 2.45) is 0 Å². The Hall–Kier alpha value is -1.67. The van der Waals surface area contributed by atoms with Crippen LogP contribution in [0.3, 0.4) is 0 Å². The number of aliphatic carboxylic acids is 1. The summed E-state index contributed by atoms with van der Waals surface area (Å²) in [7, 11) is 0. The molecule has 1 aromatic heterocycles. The molecule has 1 saturated heterocycles. The fourth-order valence-electron chi connectivity index (χ4n) is 2.35. The van der Waals surface area contributed by atoms with E-state index in [-0.39, 0.29) is 19.1 Å². The number of amides is 2. The first-order valence-corrected chi connectivity index (χ1v) is 7.49. The fourth-order valence-corrected chi connectivity index (χ4v) is 3.28. The molecule has 0 bridgehead atoms. The van der Waals surface area contributed by atoms with Gasteiger partial charge < -0.3 is 20.5 Å². The molecule has 0 radical (unpaired) electrons. The number of thiazole rings is 1. The third kappa shape index (κ3) is 3.33. The van der Waals surface area contributed by atoms with Gasteiger partial charge in [-0.3, -0.25) is 0 Å². The first-order chi connectivity index (χ1) is 9.84. The summed E-state index contributed by atoms with van der Waals surface area (Å²) in [5.41, 5.74) is -0.454. The van der Waals surface area contributed by atoms with Crippen LogP contribution in [0.15, 0.2) is 0 Å². The molecule has 2 unspecified atom stereocenters. The van der Waals surface area contributed by atoms with Crippen molar-refractivity contribution in [1.29, 1.82) is 0 Å². The highest BCUT2D eigenvalue weighted by molar-refractivity contribution is 7.11. The van der Waals surface area contributed by atoms with Crippen molar-refractivity contribution in [3.8, 4) is 0 Å². The van der Waals surface area contributed by atoms with Crippen molar-refractivity contribution < 1.29 is 19.4 Å². The lowest BCUT2D eigenvalue weighted by Gasteiger charge is -2.25. The molecule has 1 aliphatic rings. The lowest BCUT2D eigenvalue weighted by atomic mass is 9.99. The molecule has 21 heavy (non-hydrogen) atoms. The summed E-state index contributed by atoms with van der Waals surface area (Å²) in [4.78, 5) is 28.7. The number of carboxylic acid groups (broad SMARTS) is 1. The summed E-state index contributed by atoms with van der Waals surface area (Å²) in [6.07, 6.45) is 0.267. The van der Waals surface area contributed by atoms with Crippen LogP contribution in [0, 0.1) is 13.8 Å². The van der Waals surface area contributed by atoms with E-state index in [1.807, 2.05) is 20.8 Å². The molecule has 2 atom stereocenters. The molecule has 0 spiro atoms. The fraction of sp³-hybridized carbons (Fsp3) is 0.615. The van der Waals surface area contributed by atoms with Crippen LogP contribution in [0.5, 0.6) is 0 Å². The number of ether oxygens (including phenoxy) is 1. The van der Waals surface area contributed by atoms with Crippen molar-refractivity contribution in [2.45, 2.75) is 38.8 Å². The average Bonchev–Trinajstić information content (AvgIpc) is 2.96. The van der Waals surface area contributed by atoms with Gasteiger partial charge in [0.05, 0.1) is 23.4 Å². The molecule has 0 aliphatic carbocycles. The van der Waals surface area contributed by atoms with Gasteiger partial charge in [-0.05, 0) is 20.8 Å². The summed E-state index contributed by atoms with van der Waals surface area (Å²) in [6.45, 7) is 5.96. The monoisotopic (exact) mass is 313 g/mol. The Balaban J connectivity index is 2.01. The quantitative estimate of drug-likeness (QED) is 0.779. The second-order valence-electron chi connectivity index (χ2n) is 5.19. The number of aryl methyl sites for hydroxylation is 2. The third-order valence-electron chi connectivity index (χ3n) is 3.46. The second-order valence-corrected chi connectivity index (χ2v) is 6.43. The van der Waals surface area contributed by atoms with E-state index in [9.17, 15) is 14.7 Å². The zero-order valence-corrected chi connectivity index (χ0v) is 13.0. The SMILES string of the molecule is Cc1nc(C)c(C(C)NC(=O)NC2(C(=O)O)CCOC2)s1. The maximum Gasteiger partial charge on any atom is 0.332 e. The van der Waals surface area contributed by atoms with Crippen LogP contribution < -0.4 is 10.6 Å². The molecule has 7 nitrogen and oxygen atoms in total. The van der Waals surface area contributed by atoms with E-state index in [4.69, 9.17) is 4.74 Å². The number of carbonyl (C=O) groups excluding carboxylic acids is 1. The largest absolute Gasteiger partial charge is 0.479 e. The average molecular weight is 313 g/mol. The van der Waals surface area contributed by atoms with E-state index in [1.54, 1.807) is 0 Å². The highest BCUT2D eigenvalue weighted by Crippen LogP contribution is 2.24. The molecule has 2 heterocycles. The minimum Gasteiger partial charge on any atom is -0.479 e. The summed E-state index contributed by atoms with van der Waals surface area (Å²) >= 11 is 1.52. The highest BCUT2D eigenvalue weighted by Gasteiger charge is 2.44. The van der Waals surface area contributed by atoms with Crippen molar-refractivity contribution in [2.75, 3.05) is 13.2 Å². The minimum absolute atomic E-state index is 0.0111. The Morgan fingerprint density at radius 3 is 2.67 bits per heavy atom. The van der Waals surface area contributed by atoms with Gasteiger partial charge in [-0.2, -0.15) is 0 Å². The summed E-state index contributed by atoms with van der Waals surface area (Å²) < 4.78 is 5.10. The second kappa shape index (κ2) is 5.98. The Kier molecular flexibility index (Phi) is 4.48. The molecule has 3 N–H and O–H groups in total. The van der Waals surface area contributed by atoms with E-state index < -0.39 is 17.5 Å². The van der Waals surface area contributed by atoms with Gasteiger partial charge in [-0.15, -0.1) is 11.3 Å². The minimum atomic E-state index is -1.33. The molecule has 1 aliphatic heterocycles. The number of nitrogens with one attached hydrogen (secondary N) is 2. The molecule has 1 fully saturated rings. The van der Waals surface area contributed by atoms with Crippen LogP contribution in [0.4, 0.5) is 4.79 Å². The molecule has 1 aromatic rings. The van der Waals surface area contributed by atoms with Crippen molar-refractivity contribution in [3.63, 3.8) is 0 Å². The Morgan fingerprint density at radius 1 is 1.48 bits per heavy atom. The van der Waals surface area contributed by atoms with Crippen LogP contribution in [0.1, 0.15) is 35.0 Å². The van der Waals surface area contributed by atoms with Gasteiger partial charge in [-0.1, -0.05) is 0 Å². The van der Waals surface area contributed by atoms with Crippen LogP contribution in [-0.2, 0) is 9.53 Å². The van der Waals surface area contributed by atoms with E-state index in [1.165, 1.54) is 11.3 Å². The first kappa shape index (κ1) is 15.7. The number of carboxylic acids is 1. The lowest BCUT2D eigenvalue weighted by molar-refractivity contribution is -0.144. The topological polar surface area (TPSA) is 101 Å². The van der Waals surface area contributed by atoms with Crippen molar-refractivity contribution in [3.05, 3.63) is 15.6 Å². The summed E-state index contributed by atoms with van der Waals surface area (Å²) in [5.74, 6) is -1.08. The molecular formula is C13H19N3O4S. The molecule has 0 saturated carbocycles. The predicted molar refractivity (Wildman–Crippen MR) is 77.5 cm³/mol. The van der Waals surface area contributed by atoms with Crippen LogP contribution in [0.2, 0.25) is 0 Å². The molecule has 2 amide bonds. The maximum absolute atomic E-state index is 12.1. The van der Waals surface area contributed by atoms with Crippen LogP contribution in [0.25, 0.3) is 0 Å². The van der Waals surface area contributed by atoms with E-state index >= 15 is 0 Å². The lowest BCUT2D eigenvalue weighted by Crippen LogP contribution is -2.57. The number of hydrogen-bond donors (Lipinski definition) is 3. The molecule has 8 heteroatoms. The smallest absolute Gasteiger partial charge is 0.332 e. The highest BCUT2D eigenvalue weighted by atomic mass is 32.1. The van der Waals surface area contributed by atoms with Gasteiger partial charge in [0.1, 0.15) is 0 Å².